The first kappa shape index (κ1) is 17.8. The van der Waals surface area contributed by atoms with Gasteiger partial charge in [-0.3, -0.25) is 0 Å². The van der Waals surface area contributed by atoms with Crippen molar-refractivity contribution >= 4 is 28.4 Å². The summed E-state index contributed by atoms with van der Waals surface area (Å²) in [6.07, 6.45) is 5.13. The minimum Gasteiger partial charge on any atom is -0.372 e. The van der Waals surface area contributed by atoms with E-state index in [0.29, 0.717) is 30.4 Å². The van der Waals surface area contributed by atoms with Crippen LogP contribution in [0.5, 0.6) is 0 Å². The molecule has 1 saturated heterocycles. The maximum atomic E-state index is 14.4. The van der Waals surface area contributed by atoms with Gasteiger partial charge in [-0.1, -0.05) is 0 Å². The van der Waals surface area contributed by atoms with Crippen molar-refractivity contribution in [1.29, 1.82) is 0 Å². The van der Waals surface area contributed by atoms with Crippen LogP contribution in [0.2, 0.25) is 0 Å². The smallest absolute Gasteiger partial charge is 0.226 e. The summed E-state index contributed by atoms with van der Waals surface area (Å²) in [5.41, 5.74) is 3.11. The molecule has 5 rings (SSSR count). The minimum absolute atomic E-state index is 0.298. The highest BCUT2D eigenvalue weighted by Crippen LogP contribution is 2.32. The normalized spacial score (nSPS) is 20.4. The first-order chi connectivity index (χ1) is 14.1. The van der Waals surface area contributed by atoms with Gasteiger partial charge in [0.05, 0.1) is 17.1 Å². The fraction of sp³-hybridized carbons (Fsp3) is 0.368. The monoisotopic (exact) mass is 395 g/mol. The molecule has 0 spiro atoms. The van der Waals surface area contributed by atoms with E-state index in [0.717, 1.165) is 28.8 Å². The van der Waals surface area contributed by atoms with Gasteiger partial charge in [0.2, 0.25) is 5.95 Å². The van der Waals surface area contributed by atoms with Gasteiger partial charge in [0, 0.05) is 44.3 Å². The molecule has 1 aliphatic rings. The second-order valence-electron chi connectivity index (χ2n) is 7.34. The zero-order valence-corrected chi connectivity index (χ0v) is 16.2. The van der Waals surface area contributed by atoms with Crippen LogP contribution < -0.4 is 10.6 Å². The lowest BCUT2D eigenvalue weighted by atomic mass is 10.0. The van der Waals surface area contributed by atoms with Crippen LogP contribution >= 0.6 is 0 Å². The van der Waals surface area contributed by atoms with Crippen LogP contribution in [0, 0.1) is 0 Å². The Morgan fingerprint density at radius 1 is 1.28 bits per heavy atom. The number of nitrogens with one attached hydrogen (secondary N) is 3. The highest BCUT2D eigenvalue weighted by molar-refractivity contribution is 6.00. The summed E-state index contributed by atoms with van der Waals surface area (Å²) in [7, 11) is 3.74. The molecule has 0 bridgehead atoms. The molecule has 1 fully saturated rings. The van der Waals surface area contributed by atoms with Crippen molar-refractivity contribution < 1.29 is 4.39 Å². The molecule has 1 aliphatic heterocycles. The minimum atomic E-state index is -0.962. The number of hydrogen-bond donors (Lipinski definition) is 3. The highest BCUT2D eigenvalue weighted by Gasteiger charge is 2.28. The number of likely N-dealkylation sites (tertiary alicyclic amines) is 1. The average molecular weight is 395 g/mol. The average Bonchev–Trinajstić information content (AvgIpc) is 3.35. The summed E-state index contributed by atoms with van der Waals surface area (Å²) in [6.45, 7) is 1.25. The van der Waals surface area contributed by atoms with E-state index in [1.165, 1.54) is 0 Å². The number of imidazole rings is 1. The molecule has 10 heteroatoms. The van der Waals surface area contributed by atoms with Crippen LogP contribution in [0.3, 0.4) is 0 Å². The fourth-order valence-corrected chi connectivity index (χ4v) is 3.82. The van der Waals surface area contributed by atoms with Gasteiger partial charge in [-0.25, -0.2) is 13.9 Å². The number of halogens is 1. The summed E-state index contributed by atoms with van der Waals surface area (Å²) in [4.78, 5) is 18.6. The maximum absolute atomic E-state index is 14.4. The lowest BCUT2D eigenvalue weighted by Crippen LogP contribution is -2.46. The summed E-state index contributed by atoms with van der Waals surface area (Å²) in [5.74, 6) is 1.06. The molecule has 0 saturated carbocycles. The van der Waals surface area contributed by atoms with Crippen LogP contribution in [0.4, 0.5) is 16.2 Å². The summed E-state index contributed by atoms with van der Waals surface area (Å²) in [6, 6.07) is 3.54. The van der Waals surface area contributed by atoms with Crippen molar-refractivity contribution in [1.82, 2.24) is 34.4 Å². The Bertz CT molecular complexity index is 1170. The molecule has 0 amide bonds. The molecule has 0 aromatic carbocycles. The van der Waals surface area contributed by atoms with Gasteiger partial charge in [0.25, 0.3) is 0 Å². The Morgan fingerprint density at radius 3 is 3.00 bits per heavy atom. The number of aromatic nitrogens is 6. The predicted molar refractivity (Wildman–Crippen MR) is 110 cm³/mol. The molecule has 5 heterocycles. The van der Waals surface area contributed by atoms with Crippen molar-refractivity contribution in [2.45, 2.75) is 18.6 Å². The molecule has 0 radical (unpaired) electrons. The Morgan fingerprint density at radius 2 is 2.17 bits per heavy atom. The highest BCUT2D eigenvalue weighted by atomic mass is 19.1. The van der Waals surface area contributed by atoms with E-state index in [9.17, 15) is 4.39 Å². The Balaban J connectivity index is 1.52. The molecule has 4 aromatic rings. The number of hydrogen-bond acceptors (Lipinski definition) is 7. The third kappa shape index (κ3) is 3.15. The molecular weight excluding hydrogens is 373 g/mol. The Hall–Kier alpha value is -3.27. The van der Waals surface area contributed by atoms with Gasteiger partial charge >= 0.3 is 0 Å². The number of aromatic amines is 1. The molecule has 9 nitrogen and oxygen atoms in total. The van der Waals surface area contributed by atoms with E-state index < -0.39 is 6.17 Å². The van der Waals surface area contributed by atoms with Crippen LogP contribution in [-0.2, 0) is 0 Å². The largest absolute Gasteiger partial charge is 0.372 e. The molecule has 0 aliphatic carbocycles. The van der Waals surface area contributed by atoms with Gasteiger partial charge in [-0.05, 0) is 25.6 Å². The number of H-pyrrole nitrogens is 1. The third-order valence-corrected chi connectivity index (χ3v) is 5.36. The van der Waals surface area contributed by atoms with E-state index in [1.807, 2.05) is 37.3 Å². The molecule has 4 aromatic heterocycles. The number of rotatable bonds is 4. The van der Waals surface area contributed by atoms with Gasteiger partial charge < -0.3 is 20.5 Å². The summed E-state index contributed by atoms with van der Waals surface area (Å²) >= 11 is 0. The lowest BCUT2D eigenvalue weighted by molar-refractivity contribution is 0.149. The molecule has 0 unspecified atom stereocenters. The molecule has 29 heavy (non-hydrogen) atoms. The van der Waals surface area contributed by atoms with Crippen molar-refractivity contribution in [3.8, 4) is 11.3 Å². The predicted octanol–water partition coefficient (Wildman–Crippen LogP) is 2.16. The van der Waals surface area contributed by atoms with E-state index in [-0.39, 0.29) is 6.04 Å². The van der Waals surface area contributed by atoms with Gasteiger partial charge in [-0.15, -0.1) is 0 Å². The number of anilines is 2. The van der Waals surface area contributed by atoms with Gasteiger partial charge in [-0.2, -0.15) is 15.1 Å². The van der Waals surface area contributed by atoms with Crippen LogP contribution in [0.1, 0.15) is 6.42 Å². The quantitative estimate of drug-likeness (QED) is 0.487. The van der Waals surface area contributed by atoms with Crippen LogP contribution in [-0.4, -0.2) is 73.8 Å². The molecule has 150 valence electrons. The number of fused-ring (bicyclic) bond motifs is 2. The summed E-state index contributed by atoms with van der Waals surface area (Å²) in [5, 5.41) is 11.8. The zero-order valence-electron chi connectivity index (χ0n) is 16.2. The first-order valence-corrected chi connectivity index (χ1v) is 9.59. The number of alkyl halides is 1. The Kier molecular flexibility index (Phi) is 4.27. The standard InChI is InChI=1S/C19H22FN9/c1-21-17-16-11(13-3-4-15-22-6-8-29(15)27-13)9-23-18(16)26-19(25-17)24-14-5-7-28(2)10-12(14)20/h3-4,6,8-9,12,14H,5,7,10H2,1-2H3,(H3,21,23,24,25,26)/t12-,14-/m1/s1. The van der Waals surface area contributed by atoms with Gasteiger partial charge in [0.15, 0.2) is 5.65 Å². The second kappa shape index (κ2) is 6.96. The van der Waals surface area contributed by atoms with Crippen molar-refractivity contribution in [2.24, 2.45) is 0 Å². The van der Waals surface area contributed by atoms with Crippen molar-refractivity contribution in [3.63, 3.8) is 0 Å². The fourth-order valence-electron chi connectivity index (χ4n) is 3.82. The number of nitrogens with zero attached hydrogens (tertiary/aromatic N) is 6. The molecule has 2 atom stereocenters. The summed E-state index contributed by atoms with van der Waals surface area (Å²) < 4.78 is 16.1. The topological polar surface area (TPSA) is 99.1 Å². The van der Waals surface area contributed by atoms with Crippen LogP contribution in [0.25, 0.3) is 27.9 Å². The SMILES string of the molecule is CNc1nc(N[C@@H]2CCN(C)C[C@H]2F)nc2[nH]cc(-c3ccc4nccn4n3)c12. The van der Waals surface area contributed by atoms with Crippen molar-refractivity contribution in [2.75, 3.05) is 37.8 Å². The molecular formula is C19H22FN9. The second-order valence-corrected chi connectivity index (χ2v) is 7.34. The molecule has 3 N–H and O–H groups in total. The van der Waals surface area contributed by atoms with Crippen LogP contribution in [0.15, 0.2) is 30.7 Å². The van der Waals surface area contributed by atoms with E-state index >= 15 is 0 Å². The number of piperidine rings is 1. The van der Waals surface area contributed by atoms with Crippen molar-refractivity contribution in [3.05, 3.63) is 30.7 Å². The third-order valence-electron chi connectivity index (χ3n) is 5.36. The Labute approximate surface area is 166 Å². The van der Waals surface area contributed by atoms with E-state index in [2.05, 4.69) is 35.7 Å². The zero-order chi connectivity index (χ0) is 20.0. The lowest BCUT2D eigenvalue weighted by Gasteiger charge is -2.32. The maximum Gasteiger partial charge on any atom is 0.226 e. The van der Waals surface area contributed by atoms with E-state index in [1.54, 1.807) is 16.9 Å². The first-order valence-electron chi connectivity index (χ1n) is 9.59. The van der Waals surface area contributed by atoms with E-state index in [4.69, 9.17) is 0 Å². The van der Waals surface area contributed by atoms with Gasteiger partial charge in [0.1, 0.15) is 17.6 Å².